The summed E-state index contributed by atoms with van der Waals surface area (Å²) in [6.45, 7) is 1.06. The first-order chi connectivity index (χ1) is 9.33. The molecule has 1 heterocycles. The summed E-state index contributed by atoms with van der Waals surface area (Å²) in [7, 11) is 1.65. The summed E-state index contributed by atoms with van der Waals surface area (Å²) in [5, 5.41) is 0. The van der Waals surface area contributed by atoms with Crippen LogP contribution in [0.3, 0.4) is 0 Å². The van der Waals surface area contributed by atoms with Crippen LogP contribution in [0.1, 0.15) is 17.2 Å². The van der Waals surface area contributed by atoms with Gasteiger partial charge in [-0.25, -0.2) is 0 Å². The Kier molecular flexibility index (Phi) is 4.89. The molecule has 0 spiro atoms. The van der Waals surface area contributed by atoms with Gasteiger partial charge in [0.05, 0.1) is 12.6 Å². The van der Waals surface area contributed by atoms with Crippen LogP contribution in [0.2, 0.25) is 0 Å². The van der Waals surface area contributed by atoms with E-state index >= 15 is 0 Å². The number of nitrogens with two attached hydrogens (primary N) is 1. The Hall–Kier alpha value is -1.91. The van der Waals surface area contributed by atoms with Gasteiger partial charge in [-0.1, -0.05) is 18.2 Å². The number of nitrogens with zero attached hydrogens (tertiary/aromatic N) is 1. The van der Waals surface area contributed by atoms with Crippen LogP contribution in [0.4, 0.5) is 0 Å². The molecule has 0 aliphatic carbocycles. The second-order valence-electron chi connectivity index (χ2n) is 4.14. The predicted octanol–water partition coefficient (Wildman–Crippen LogP) is 2.15. The number of ether oxygens (including phenoxy) is 2. The maximum absolute atomic E-state index is 6.28. The fourth-order valence-electron chi connectivity index (χ4n) is 1.85. The molecule has 0 radical (unpaired) electrons. The molecule has 100 valence electrons. The Labute approximate surface area is 113 Å². The smallest absolute Gasteiger partial charge is 0.124 e. The van der Waals surface area contributed by atoms with E-state index < -0.39 is 0 Å². The predicted molar refractivity (Wildman–Crippen MR) is 74.1 cm³/mol. The lowest BCUT2D eigenvalue weighted by Gasteiger charge is -2.17. The minimum atomic E-state index is -0.221. The lowest BCUT2D eigenvalue weighted by atomic mass is 10.00. The van der Waals surface area contributed by atoms with Crippen molar-refractivity contribution in [2.24, 2.45) is 5.73 Å². The maximum atomic E-state index is 6.28. The lowest BCUT2D eigenvalue weighted by Crippen LogP contribution is -2.14. The van der Waals surface area contributed by atoms with E-state index in [1.54, 1.807) is 19.5 Å². The average molecular weight is 258 g/mol. The normalized spacial score (nSPS) is 12.1. The molecule has 0 saturated carbocycles. The molecule has 4 nitrogen and oxygen atoms in total. The summed E-state index contributed by atoms with van der Waals surface area (Å²) in [5.41, 5.74) is 8.26. The van der Waals surface area contributed by atoms with E-state index in [1.165, 1.54) is 0 Å². The van der Waals surface area contributed by atoms with Crippen molar-refractivity contribution in [3.8, 4) is 5.75 Å². The van der Waals surface area contributed by atoms with Crippen LogP contribution in [0.15, 0.2) is 48.8 Å². The van der Waals surface area contributed by atoms with Gasteiger partial charge >= 0.3 is 0 Å². The van der Waals surface area contributed by atoms with Crippen LogP contribution < -0.4 is 10.5 Å². The number of benzene rings is 1. The summed E-state index contributed by atoms with van der Waals surface area (Å²) >= 11 is 0. The fourth-order valence-corrected chi connectivity index (χ4v) is 1.85. The molecule has 1 aromatic carbocycles. The van der Waals surface area contributed by atoms with Crippen molar-refractivity contribution in [3.05, 3.63) is 59.9 Å². The van der Waals surface area contributed by atoms with Gasteiger partial charge in [0.15, 0.2) is 0 Å². The summed E-state index contributed by atoms with van der Waals surface area (Å²) in [6, 6.07) is 11.4. The Morgan fingerprint density at radius 1 is 1.11 bits per heavy atom. The molecule has 1 unspecified atom stereocenters. The number of pyridine rings is 1. The van der Waals surface area contributed by atoms with Gasteiger partial charge in [-0.2, -0.15) is 0 Å². The Morgan fingerprint density at radius 3 is 2.58 bits per heavy atom. The van der Waals surface area contributed by atoms with E-state index in [0.717, 1.165) is 16.9 Å². The Bertz CT molecular complexity index is 503. The van der Waals surface area contributed by atoms with Gasteiger partial charge < -0.3 is 15.2 Å². The van der Waals surface area contributed by atoms with E-state index in [-0.39, 0.29) is 6.04 Å². The van der Waals surface area contributed by atoms with Gasteiger partial charge in [0.25, 0.3) is 0 Å². The maximum Gasteiger partial charge on any atom is 0.124 e. The standard InChI is InChI=1S/C15H18N2O2/c1-18-10-11-19-14-5-3-2-4-13(14)15(16)12-6-8-17-9-7-12/h2-9,15H,10-11,16H2,1H3. The Balaban J connectivity index is 2.19. The van der Waals surface area contributed by atoms with E-state index in [9.17, 15) is 0 Å². The molecule has 2 aromatic rings. The zero-order valence-electron chi connectivity index (χ0n) is 11.0. The van der Waals surface area contributed by atoms with Gasteiger partial charge in [0.1, 0.15) is 12.4 Å². The third kappa shape index (κ3) is 3.53. The molecule has 1 aromatic heterocycles. The van der Waals surface area contributed by atoms with Crippen LogP contribution >= 0.6 is 0 Å². The van der Waals surface area contributed by atoms with Crippen molar-refractivity contribution in [2.45, 2.75) is 6.04 Å². The molecule has 0 fully saturated rings. The molecule has 1 atom stereocenters. The molecular formula is C15H18N2O2. The van der Waals surface area contributed by atoms with Gasteiger partial charge in [0.2, 0.25) is 0 Å². The zero-order valence-corrected chi connectivity index (χ0v) is 11.0. The molecule has 2 N–H and O–H groups in total. The van der Waals surface area contributed by atoms with Crippen molar-refractivity contribution >= 4 is 0 Å². The topological polar surface area (TPSA) is 57.4 Å². The Morgan fingerprint density at radius 2 is 1.84 bits per heavy atom. The van der Waals surface area contributed by atoms with E-state index in [4.69, 9.17) is 15.2 Å². The van der Waals surface area contributed by atoms with Gasteiger partial charge in [-0.3, -0.25) is 4.98 Å². The number of hydrogen-bond acceptors (Lipinski definition) is 4. The summed E-state index contributed by atoms with van der Waals surface area (Å²) in [5.74, 6) is 0.795. The van der Waals surface area contributed by atoms with Crippen LogP contribution in [-0.2, 0) is 4.74 Å². The number of hydrogen-bond donors (Lipinski definition) is 1. The van der Waals surface area contributed by atoms with Crippen molar-refractivity contribution in [1.82, 2.24) is 4.98 Å². The molecule has 0 aliphatic heterocycles. The number of methoxy groups -OCH3 is 1. The second-order valence-corrected chi connectivity index (χ2v) is 4.14. The highest BCUT2D eigenvalue weighted by Gasteiger charge is 2.13. The van der Waals surface area contributed by atoms with Crippen molar-refractivity contribution in [2.75, 3.05) is 20.3 Å². The van der Waals surface area contributed by atoms with Crippen molar-refractivity contribution < 1.29 is 9.47 Å². The second kappa shape index (κ2) is 6.87. The highest BCUT2D eigenvalue weighted by Crippen LogP contribution is 2.27. The molecule has 0 amide bonds. The quantitative estimate of drug-likeness (QED) is 0.807. The molecule has 0 aliphatic rings. The number of aromatic nitrogens is 1. The largest absolute Gasteiger partial charge is 0.491 e. The van der Waals surface area contributed by atoms with Gasteiger partial charge in [-0.05, 0) is 23.8 Å². The van der Waals surface area contributed by atoms with Crippen molar-refractivity contribution in [3.63, 3.8) is 0 Å². The van der Waals surface area contributed by atoms with Crippen LogP contribution in [0.25, 0.3) is 0 Å². The van der Waals surface area contributed by atoms with Gasteiger partial charge in [0, 0.05) is 25.1 Å². The lowest BCUT2D eigenvalue weighted by molar-refractivity contribution is 0.145. The number of para-hydroxylation sites is 1. The highest BCUT2D eigenvalue weighted by atomic mass is 16.5. The third-order valence-electron chi connectivity index (χ3n) is 2.86. The average Bonchev–Trinajstić information content (AvgIpc) is 2.48. The minimum absolute atomic E-state index is 0.221. The molecule has 0 saturated heterocycles. The van der Waals surface area contributed by atoms with Crippen LogP contribution in [-0.4, -0.2) is 25.3 Å². The number of rotatable bonds is 6. The molecule has 2 rings (SSSR count). The molecule has 0 bridgehead atoms. The molecule has 4 heteroatoms. The summed E-state index contributed by atoms with van der Waals surface area (Å²) < 4.78 is 10.7. The summed E-state index contributed by atoms with van der Waals surface area (Å²) in [4.78, 5) is 4.00. The molecular weight excluding hydrogens is 240 g/mol. The first kappa shape index (κ1) is 13.5. The zero-order chi connectivity index (χ0) is 13.5. The van der Waals surface area contributed by atoms with E-state index in [1.807, 2.05) is 36.4 Å². The third-order valence-corrected chi connectivity index (χ3v) is 2.86. The highest BCUT2D eigenvalue weighted by molar-refractivity contribution is 5.40. The fraction of sp³-hybridized carbons (Fsp3) is 0.267. The molecule has 19 heavy (non-hydrogen) atoms. The monoisotopic (exact) mass is 258 g/mol. The first-order valence-corrected chi connectivity index (χ1v) is 6.19. The van der Waals surface area contributed by atoms with Crippen molar-refractivity contribution in [1.29, 1.82) is 0 Å². The van der Waals surface area contributed by atoms with E-state index in [0.29, 0.717) is 13.2 Å². The summed E-state index contributed by atoms with van der Waals surface area (Å²) in [6.07, 6.45) is 3.48. The van der Waals surface area contributed by atoms with E-state index in [2.05, 4.69) is 4.98 Å². The SMILES string of the molecule is COCCOc1ccccc1C(N)c1ccncc1. The minimum Gasteiger partial charge on any atom is -0.491 e. The van der Waals surface area contributed by atoms with Crippen LogP contribution in [0, 0.1) is 0 Å². The first-order valence-electron chi connectivity index (χ1n) is 6.19. The van der Waals surface area contributed by atoms with Gasteiger partial charge in [-0.15, -0.1) is 0 Å². The van der Waals surface area contributed by atoms with Crippen LogP contribution in [0.5, 0.6) is 5.75 Å².